The zero-order chi connectivity index (χ0) is 23.2. The van der Waals surface area contributed by atoms with Gasteiger partial charge in [0, 0.05) is 19.0 Å². The Bertz CT molecular complexity index is 1150. The zero-order valence-electron chi connectivity index (χ0n) is 18.6. The number of thioether (sulfide) groups is 1. The number of hydrogen-bond acceptors (Lipinski definition) is 5. The van der Waals surface area contributed by atoms with Crippen molar-refractivity contribution in [1.29, 1.82) is 0 Å². The molecule has 0 bridgehead atoms. The number of hydrogen-bond donors (Lipinski definition) is 2. The quantitative estimate of drug-likeness (QED) is 0.347. The normalized spacial score (nSPS) is 12.9. The molecule has 170 valence electrons. The van der Waals surface area contributed by atoms with E-state index in [1.807, 2.05) is 41.8 Å². The first-order chi connectivity index (χ1) is 16.0. The smallest absolute Gasteiger partial charge is 0.253 e. The summed E-state index contributed by atoms with van der Waals surface area (Å²) in [5.41, 5.74) is 3.09. The summed E-state index contributed by atoms with van der Waals surface area (Å²) in [6, 6.07) is 15.0. The number of nitrogens with one attached hydrogen (secondary N) is 2. The van der Waals surface area contributed by atoms with Gasteiger partial charge in [0.15, 0.2) is 5.16 Å². The summed E-state index contributed by atoms with van der Waals surface area (Å²) >= 11 is 1.33. The van der Waals surface area contributed by atoms with Gasteiger partial charge in [0.25, 0.3) is 5.91 Å². The van der Waals surface area contributed by atoms with E-state index in [2.05, 4.69) is 27.4 Å². The van der Waals surface area contributed by atoms with Crippen LogP contribution >= 0.6 is 11.8 Å². The maximum Gasteiger partial charge on any atom is 0.253 e. The van der Waals surface area contributed by atoms with Crippen molar-refractivity contribution in [2.45, 2.75) is 43.9 Å². The Balaban J connectivity index is 1.36. The van der Waals surface area contributed by atoms with E-state index in [0.29, 0.717) is 35.4 Å². The van der Waals surface area contributed by atoms with E-state index in [9.17, 15) is 9.59 Å². The monoisotopic (exact) mass is 461 g/mol. The molecular formula is C25H27N5O2S. The van der Waals surface area contributed by atoms with Crippen molar-refractivity contribution in [1.82, 2.24) is 20.1 Å². The van der Waals surface area contributed by atoms with Crippen LogP contribution in [-0.4, -0.2) is 32.3 Å². The first-order valence-electron chi connectivity index (χ1n) is 10.9. The Hall–Kier alpha value is -3.39. The molecule has 1 aliphatic rings. The van der Waals surface area contributed by atoms with Crippen LogP contribution in [0.1, 0.15) is 46.1 Å². The summed E-state index contributed by atoms with van der Waals surface area (Å²) in [5.74, 6) is 1.15. The van der Waals surface area contributed by atoms with Gasteiger partial charge in [-0.15, -0.1) is 16.8 Å². The minimum Gasteiger partial charge on any atom is -0.348 e. The summed E-state index contributed by atoms with van der Waals surface area (Å²) in [7, 11) is 0. The molecule has 0 aliphatic heterocycles. The van der Waals surface area contributed by atoms with Crippen LogP contribution in [0.4, 0.5) is 5.69 Å². The van der Waals surface area contributed by atoms with Crippen molar-refractivity contribution in [3.63, 3.8) is 0 Å². The first kappa shape index (κ1) is 22.8. The number of anilines is 1. The van der Waals surface area contributed by atoms with E-state index < -0.39 is 0 Å². The topological polar surface area (TPSA) is 88.9 Å². The maximum atomic E-state index is 12.8. The zero-order valence-corrected chi connectivity index (χ0v) is 19.4. The standard InChI is InChI=1S/C25H27N5O2S/c1-3-14-30-23(19-12-13-19)28-29-25(30)33-16-22(31)27-21-7-5-4-6-20(21)24(32)26-15-18-10-8-17(2)9-11-18/h3-11,19H,1,12-16H2,2H3,(H,26,32)(H,27,31). The van der Waals surface area contributed by atoms with Crippen molar-refractivity contribution in [2.24, 2.45) is 0 Å². The van der Waals surface area contributed by atoms with Crippen LogP contribution < -0.4 is 10.6 Å². The number of benzene rings is 2. The average molecular weight is 462 g/mol. The number of aryl methyl sites for hydroxylation is 1. The molecule has 2 amide bonds. The predicted molar refractivity (Wildman–Crippen MR) is 130 cm³/mol. The third-order valence-corrected chi connectivity index (χ3v) is 6.32. The molecule has 0 atom stereocenters. The van der Waals surface area contributed by atoms with Gasteiger partial charge in [-0.25, -0.2) is 0 Å². The van der Waals surface area contributed by atoms with E-state index in [0.717, 1.165) is 24.2 Å². The van der Waals surface area contributed by atoms with Crippen LogP contribution in [0.2, 0.25) is 0 Å². The Kier molecular flexibility index (Phi) is 7.24. The molecule has 7 nitrogen and oxygen atoms in total. The molecule has 2 aromatic carbocycles. The summed E-state index contributed by atoms with van der Waals surface area (Å²) < 4.78 is 2.02. The van der Waals surface area contributed by atoms with Crippen LogP contribution in [0.25, 0.3) is 0 Å². The Morgan fingerprint density at radius 2 is 1.91 bits per heavy atom. The lowest BCUT2D eigenvalue weighted by Gasteiger charge is -2.12. The second-order valence-corrected chi connectivity index (χ2v) is 9.01. The highest BCUT2D eigenvalue weighted by atomic mass is 32.2. The fourth-order valence-electron chi connectivity index (χ4n) is 3.44. The van der Waals surface area contributed by atoms with Gasteiger partial charge in [-0.2, -0.15) is 0 Å². The lowest BCUT2D eigenvalue weighted by molar-refractivity contribution is -0.113. The van der Waals surface area contributed by atoms with Crippen LogP contribution in [0, 0.1) is 6.92 Å². The molecule has 4 rings (SSSR count). The third kappa shape index (κ3) is 5.90. The minimum absolute atomic E-state index is 0.166. The van der Waals surface area contributed by atoms with Gasteiger partial charge >= 0.3 is 0 Å². The molecule has 8 heteroatoms. The number of para-hydroxylation sites is 1. The predicted octanol–water partition coefficient (Wildman–Crippen LogP) is 4.31. The second-order valence-electron chi connectivity index (χ2n) is 8.07. The molecule has 1 heterocycles. The highest BCUT2D eigenvalue weighted by molar-refractivity contribution is 7.99. The van der Waals surface area contributed by atoms with Crippen molar-refractivity contribution in [3.05, 3.63) is 83.7 Å². The average Bonchev–Trinajstić information content (AvgIpc) is 3.59. The molecule has 1 fully saturated rings. The van der Waals surface area contributed by atoms with Crippen molar-refractivity contribution >= 4 is 29.3 Å². The number of carbonyl (C=O) groups is 2. The first-order valence-corrected chi connectivity index (χ1v) is 11.9. The lowest BCUT2D eigenvalue weighted by Crippen LogP contribution is -2.25. The Morgan fingerprint density at radius 1 is 1.15 bits per heavy atom. The third-order valence-electron chi connectivity index (χ3n) is 5.35. The number of carbonyl (C=O) groups excluding carboxylic acids is 2. The fraction of sp³-hybridized carbons (Fsp3) is 0.280. The summed E-state index contributed by atoms with van der Waals surface area (Å²) in [6.45, 7) is 6.87. The van der Waals surface area contributed by atoms with Gasteiger partial charge in [0.2, 0.25) is 5.91 Å². The van der Waals surface area contributed by atoms with Crippen molar-refractivity contribution in [3.8, 4) is 0 Å². The van der Waals surface area contributed by atoms with E-state index in [4.69, 9.17) is 0 Å². The molecule has 2 N–H and O–H groups in total. The number of allylic oxidation sites excluding steroid dienone is 1. The van der Waals surface area contributed by atoms with Crippen molar-refractivity contribution in [2.75, 3.05) is 11.1 Å². The van der Waals surface area contributed by atoms with Gasteiger partial charge in [-0.1, -0.05) is 59.8 Å². The fourth-order valence-corrected chi connectivity index (χ4v) is 4.20. The second kappa shape index (κ2) is 10.5. The Labute approximate surface area is 197 Å². The SMILES string of the molecule is C=CCn1c(SCC(=O)Nc2ccccc2C(=O)NCc2ccc(C)cc2)nnc1C1CC1. The largest absolute Gasteiger partial charge is 0.348 e. The molecule has 0 radical (unpaired) electrons. The van der Waals surface area contributed by atoms with Crippen LogP contribution in [-0.2, 0) is 17.9 Å². The minimum atomic E-state index is -0.237. The highest BCUT2D eigenvalue weighted by Gasteiger charge is 2.30. The summed E-state index contributed by atoms with van der Waals surface area (Å²) in [5, 5.41) is 15.1. The van der Waals surface area contributed by atoms with E-state index in [1.54, 1.807) is 24.3 Å². The lowest BCUT2D eigenvalue weighted by atomic mass is 10.1. The molecule has 0 unspecified atom stereocenters. The maximum absolute atomic E-state index is 12.8. The molecule has 3 aromatic rings. The van der Waals surface area contributed by atoms with Gasteiger partial charge in [0.05, 0.1) is 17.0 Å². The van der Waals surface area contributed by atoms with E-state index >= 15 is 0 Å². The molecule has 0 spiro atoms. The van der Waals surface area contributed by atoms with E-state index in [-0.39, 0.29) is 17.6 Å². The molecule has 33 heavy (non-hydrogen) atoms. The van der Waals surface area contributed by atoms with Gasteiger partial charge in [0.1, 0.15) is 5.82 Å². The molecular weight excluding hydrogens is 434 g/mol. The molecule has 0 saturated heterocycles. The van der Waals surface area contributed by atoms with Crippen LogP contribution in [0.15, 0.2) is 66.3 Å². The van der Waals surface area contributed by atoms with Gasteiger partial charge in [-0.3, -0.25) is 9.59 Å². The molecule has 1 aliphatic carbocycles. The molecule has 1 aromatic heterocycles. The van der Waals surface area contributed by atoms with Crippen LogP contribution in [0.5, 0.6) is 0 Å². The molecule has 1 saturated carbocycles. The van der Waals surface area contributed by atoms with Crippen LogP contribution in [0.3, 0.4) is 0 Å². The number of nitrogens with zero attached hydrogens (tertiary/aromatic N) is 3. The number of rotatable bonds is 10. The summed E-state index contributed by atoms with van der Waals surface area (Å²) in [4.78, 5) is 25.4. The summed E-state index contributed by atoms with van der Waals surface area (Å²) in [6.07, 6.45) is 4.07. The number of amides is 2. The number of aromatic nitrogens is 3. The van der Waals surface area contributed by atoms with Gasteiger partial charge < -0.3 is 15.2 Å². The van der Waals surface area contributed by atoms with Crippen molar-refractivity contribution < 1.29 is 9.59 Å². The van der Waals surface area contributed by atoms with E-state index in [1.165, 1.54) is 17.3 Å². The van der Waals surface area contributed by atoms with Gasteiger partial charge in [-0.05, 0) is 37.5 Å². The Morgan fingerprint density at radius 3 is 2.64 bits per heavy atom. The highest BCUT2D eigenvalue weighted by Crippen LogP contribution is 2.40.